The molecule has 15 heteroatoms. The number of carboxylic acid groups (broad SMARTS) is 2. The molecule has 0 fully saturated rings. The van der Waals surface area contributed by atoms with E-state index in [-0.39, 0.29) is 50.4 Å². The van der Waals surface area contributed by atoms with Gasteiger partial charge < -0.3 is 10.2 Å². The molecule has 2 aromatic heterocycles. The van der Waals surface area contributed by atoms with E-state index in [4.69, 9.17) is 0 Å². The number of benzene rings is 3. The van der Waals surface area contributed by atoms with Gasteiger partial charge in [-0.1, -0.05) is 36.4 Å². The van der Waals surface area contributed by atoms with Crippen molar-refractivity contribution >= 4 is 83.5 Å². The Bertz CT molecular complexity index is 1950. The molecule has 0 atom stereocenters. The van der Waals surface area contributed by atoms with Crippen molar-refractivity contribution in [3.8, 4) is 22.3 Å². The van der Waals surface area contributed by atoms with E-state index < -0.39 is 43.6 Å². The monoisotopic (exact) mass is 604 g/mol. The molecule has 0 bridgehead atoms. The normalized spacial score (nSPS) is 11.8. The van der Waals surface area contributed by atoms with Crippen LogP contribution in [0.15, 0.2) is 82.6 Å². The quantitative estimate of drug-likeness (QED) is 0.125. The summed E-state index contributed by atoms with van der Waals surface area (Å²) in [6, 6.07) is 15.8. The van der Waals surface area contributed by atoms with E-state index in [1.807, 2.05) is 0 Å². The maximum atomic E-state index is 12.0. The fraction of sp³-hybridized carbons (Fsp3) is 0. The molecule has 0 spiro atoms. The Balaban J connectivity index is 0.00000387. The molecule has 0 radical (unpaired) electrons. The van der Waals surface area contributed by atoms with Crippen LogP contribution < -0.4 is 0 Å². The predicted octanol–water partition coefficient (Wildman–Crippen LogP) is 3.36. The number of nitrogens with zero attached hydrogens (tertiary/aromatic N) is 2. The number of fused-ring (bicyclic) bond motifs is 3. The number of aromatic carboxylic acids is 2. The zero-order valence-electron chi connectivity index (χ0n) is 19.9. The molecule has 0 saturated carbocycles. The standard InChI is InChI=1S/C26H16N2O10S2.Na.H/c29-25(30)21-11-19(13-1-5-15(6-2-13)39(33,34)35)17-9-10-18-20(14-3-7-16(8-4-14)40(36,37)38)12-22(26(31)32)28-24(18)23(17)27-21;;/h1-12H,(H,29,30)(H,31,32)(H,33,34,35)(H,36,37,38);;. The van der Waals surface area contributed by atoms with E-state index in [9.17, 15) is 45.7 Å². The Hall–Kier alpha value is -3.76. The number of pyridine rings is 2. The molecule has 4 N–H and O–H groups in total. The molecule has 0 unspecified atom stereocenters. The van der Waals surface area contributed by atoms with Crippen LogP contribution in [0, 0.1) is 0 Å². The number of carbonyl (C=O) groups is 2. The third-order valence-corrected chi connectivity index (χ3v) is 7.86. The van der Waals surface area contributed by atoms with Crippen molar-refractivity contribution in [3.05, 3.63) is 84.2 Å². The molecule has 0 aliphatic carbocycles. The molecular weight excluding hydrogens is 587 g/mol. The van der Waals surface area contributed by atoms with Crippen LogP contribution in [0.2, 0.25) is 0 Å². The number of hydrogen-bond acceptors (Lipinski definition) is 8. The van der Waals surface area contributed by atoms with Gasteiger partial charge in [0.15, 0.2) is 0 Å². The van der Waals surface area contributed by atoms with Crippen molar-refractivity contribution in [3.63, 3.8) is 0 Å². The van der Waals surface area contributed by atoms with Crippen molar-refractivity contribution in [2.24, 2.45) is 0 Å². The first kappa shape index (κ1) is 30.2. The predicted molar refractivity (Wildman–Crippen MR) is 149 cm³/mol. The number of rotatable bonds is 6. The molecule has 12 nitrogen and oxygen atoms in total. The van der Waals surface area contributed by atoms with E-state index >= 15 is 0 Å². The van der Waals surface area contributed by atoms with Crippen molar-refractivity contribution < 1.29 is 45.7 Å². The summed E-state index contributed by atoms with van der Waals surface area (Å²) in [7, 11) is -8.94. The molecule has 0 saturated heterocycles. The molecule has 0 aliphatic heterocycles. The fourth-order valence-electron chi connectivity index (χ4n) is 4.28. The van der Waals surface area contributed by atoms with E-state index in [2.05, 4.69) is 9.97 Å². The third kappa shape index (κ3) is 5.85. The van der Waals surface area contributed by atoms with Crippen molar-refractivity contribution in [1.82, 2.24) is 9.97 Å². The minimum atomic E-state index is -4.47. The van der Waals surface area contributed by atoms with Crippen LogP contribution >= 0.6 is 0 Å². The second-order valence-electron chi connectivity index (χ2n) is 8.58. The first-order chi connectivity index (χ1) is 18.7. The van der Waals surface area contributed by atoms with Gasteiger partial charge in [-0.15, -0.1) is 0 Å². The van der Waals surface area contributed by atoms with Gasteiger partial charge in [0.05, 0.1) is 20.8 Å². The average molecular weight is 605 g/mol. The van der Waals surface area contributed by atoms with Gasteiger partial charge in [0.25, 0.3) is 20.2 Å². The van der Waals surface area contributed by atoms with E-state index in [0.717, 1.165) is 24.3 Å². The Morgan fingerprint density at radius 3 is 1.15 bits per heavy atom. The van der Waals surface area contributed by atoms with Crippen LogP contribution in [0.25, 0.3) is 44.1 Å². The van der Waals surface area contributed by atoms with Crippen LogP contribution in [-0.2, 0) is 20.2 Å². The summed E-state index contributed by atoms with van der Waals surface area (Å²) in [5.41, 5.74) is 0.732. The number of hydrogen-bond donors (Lipinski definition) is 4. The zero-order chi connectivity index (χ0) is 29.0. The molecule has 41 heavy (non-hydrogen) atoms. The molecular formula is C26H17N2NaO10S2. The van der Waals surface area contributed by atoms with Gasteiger partial charge in [0, 0.05) is 10.8 Å². The summed E-state index contributed by atoms with van der Waals surface area (Å²) in [6.45, 7) is 0. The van der Waals surface area contributed by atoms with E-state index in [1.165, 1.54) is 36.4 Å². The second kappa shape index (κ2) is 10.9. The summed E-state index contributed by atoms with van der Waals surface area (Å²) in [4.78, 5) is 31.7. The average Bonchev–Trinajstić information content (AvgIpc) is 2.90. The van der Waals surface area contributed by atoms with Crippen molar-refractivity contribution in [2.45, 2.75) is 9.79 Å². The summed E-state index contributed by atoms with van der Waals surface area (Å²) in [5.74, 6) is -2.77. The van der Waals surface area contributed by atoms with Crippen molar-refractivity contribution in [2.75, 3.05) is 0 Å². The molecule has 5 rings (SSSR count). The SMILES string of the molecule is O=C(O)c1cc(-c2ccc(S(=O)(=O)O)cc2)c2ccc3c(-c4ccc(S(=O)(=O)O)cc4)cc(C(=O)O)nc3c2n1.[NaH]. The van der Waals surface area contributed by atoms with Gasteiger partial charge in [-0.2, -0.15) is 16.8 Å². The Morgan fingerprint density at radius 2 is 0.878 bits per heavy atom. The number of carboxylic acids is 2. The van der Waals surface area contributed by atoms with Gasteiger partial charge in [-0.05, 0) is 58.7 Å². The summed E-state index contributed by atoms with van der Waals surface area (Å²) in [5, 5.41) is 20.2. The molecule has 0 aliphatic rings. The topological polar surface area (TPSA) is 209 Å². The fourth-order valence-corrected chi connectivity index (χ4v) is 5.24. The van der Waals surface area contributed by atoms with Gasteiger partial charge >= 0.3 is 41.5 Å². The Kier molecular flexibility index (Phi) is 8.03. The van der Waals surface area contributed by atoms with E-state index in [1.54, 1.807) is 12.1 Å². The molecule has 2 heterocycles. The van der Waals surface area contributed by atoms with Crippen LogP contribution in [0.3, 0.4) is 0 Å². The van der Waals surface area contributed by atoms with Gasteiger partial charge in [0.1, 0.15) is 11.4 Å². The maximum absolute atomic E-state index is 12.0. The van der Waals surface area contributed by atoms with Gasteiger partial charge in [-0.3, -0.25) is 9.11 Å². The van der Waals surface area contributed by atoms with Gasteiger partial charge in [-0.25, -0.2) is 19.6 Å². The zero-order valence-corrected chi connectivity index (χ0v) is 21.5. The molecule has 5 aromatic rings. The molecule has 0 amide bonds. The van der Waals surface area contributed by atoms with Crippen LogP contribution in [0.5, 0.6) is 0 Å². The third-order valence-electron chi connectivity index (χ3n) is 6.12. The van der Waals surface area contributed by atoms with Crippen LogP contribution in [0.1, 0.15) is 21.0 Å². The van der Waals surface area contributed by atoms with Crippen LogP contribution in [0.4, 0.5) is 0 Å². The molecule has 3 aromatic carbocycles. The van der Waals surface area contributed by atoms with E-state index in [0.29, 0.717) is 33.0 Å². The Morgan fingerprint density at radius 1 is 0.561 bits per heavy atom. The summed E-state index contributed by atoms with van der Waals surface area (Å²) in [6.07, 6.45) is 0. The first-order valence-electron chi connectivity index (χ1n) is 11.1. The first-order valence-corrected chi connectivity index (χ1v) is 14.0. The second-order valence-corrected chi connectivity index (χ2v) is 11.4. The Labute approximate surface area is 254 Å². The number of aromatic nitrogens is 2. The van der Waals surface area contributed by atoms with Crippen molar-refractivity contribution in [1.29, 1.82) is 0 Å². The summed E-state index contributed by atoms with van der Waals surface area (Å²) < 4.78 is 64.4. The van der Waals surface area contributed by atoms with Crippen LogP contribution in [-0.4, -0.2) is 87.6 Å². The van der Waals surface area contributed by atoms with Gasteiger partial charge in [0.2, 0.25) is 0 Å². The summed E-state index contributed by atoms with van der Waals surface area (Å²) >= 11 is 0. The minimum absolute atomic E-state index is 0. The molecule has 204 valence electrons.